The van der Waals surface area contributed by atoms with E-state index in [0.29, 0.717) is 13.1 Å². The third-order valence-electron chi connectivity index (χ3n) is 6.08. The molecule has 0 radical (unpaired) electrons. The molecule has 6 nitrogen and oxygen atoms in total. The molecule has 1 amide bonds. The molecular weight excluding hydrogens is 338 g/mol. The van der Waals surface area contributed by atoms with Crippen molar-refractivity contribution in [1.82, 2.24) is 14.1 Å². The van der Waals surface area contributed by atoms with Gasteiger partial charge in [0.2, 0.25) is 15.9 Å². The zero-order chi connectivity index (χ0) is 18.1. The fourth-order valence-corrected chi connectivity index (χ4v) is 5.41. The fraction of sp³-hybridized carbons (Fsp3) is 0.944. The van der Waals surface area contributed by atoms with Crippen LogP contribution in [-0.2, 0) is 14.8 Å². The lowest BCUT2D eigenvalue weighted by Gasteiger charge is -2.39. The molecule has 0 aromatic heterocycles. The number of piperidine rings is 1. The molecule has 144 valence electrons. The summed E-state index contributed by atoms with van der Waals surface area (Å²) in [5.41, 5.74) is -0.173. The molecule has 1 atom stereocenters. The molecule has 0 aromatic carbocycles. The van der Waals surface area contributed by atoms with Crippen molar-refractivity contribution in [1.29, 1.82) is 0 Å². The number of carbonyl (C=O) groups excluding carboxylic acids is 1. The molecular formula is C18H33N3O3S. The van der Waals surface area contributed by atoms with E-state index in [9.17, 15) is 13.2 Å². The summed E-state index contributed by atoms with van der Waals surface area (Å²) in [6.07, 6.45) is 8.39. The number of amides is 1. The Morgan fingerprint density at radius 1 is 1.16 bits per heavy atom. The zero-order valence-corrected chi connectivity index (χ0v) is 16.6. The monoisotopic (exact) mass is 371 g/mol. The normalized spacial score (nSPS) is 27.0. The van der Waals surface area contributed by atoms with E-state index >= 15 is 0 Å². The molecule has 0 N–H and O–H groups in total. The summed E-state index contributed by atoms with van der Waals surface area (Å²) in [5, 5.41) is 0. The number of sulfonamides is 1. The van der Waals surface area contributed by atoms with Crippen LogP contribution < -0.4 is 0 Å². The van der Waals surface area contributed by atoms with Gasteiger partial charge in [-0.15, -0.1) is 0 Å². The zero-order valence-electron chi connectivity index (χ0n) is 15.7. The predicted molar refractivity (Wildman–Crippen MR) is 98.8 cm³/mol. The topological polar surface area (TPSA) is 60.9 Å². The van der Waals surface area contributed by atoms with Crippen LogP contribution >= 0.6 is 0 Å². The van der Waals surface area contributed by atoms with E-state index in [1.54, 1.807) is 4.31 Å². The molecule has 0 aromatic rings. The molecule has 3 fully saturated rings. The maximum absolute atomic E-state index is 12.6. The van der Waals surface area contributed by atoms with Crippen molar-refractivity contribution in [2.75, 3.05) is 45.5 Å². The Balaban J connectivity index is 1.58. The van der Waals surface area contributed by atoms with Crippen molar-refractivity contribution in [3.05, 3.63) is 0 Å². The van der Waals surface area contributed by atoms with E-state index in [1.165, 1.54) is 19.1 Å². The van der Waals surface area contributed by atoms with E-state index in [-0.39, 0.29) is 17.4 Å². The van der Waals surface area contributed by atoms with Gasteiger partial charge in [-0.25, -0.2) is 8.42 Å². The van der Waals surface area contributed by atoms with Crippen LogP contribution in [-0.4, -0.2) is 80.0 Å². The second-order valence-corrected chi connectivity index (χ2v) is 10.3. The first-order valence-electron chi connectivity index (χ1n) is 9.78. The maximum atomic E-state index is 12.6. The van der Waals surface area contributed by atoms with Gasteiger partial charge in [-0.1, -0.05) is 6.92 Å². The molecule has 1 saturated carbocycles. The molecule has 2 aliphatic heterocycles. The first-order chi connectivity index (χ1) is 11.8. The largest absolute Gasteiger partial charge is 0.341 e. The third-order valence-corrected chi connectivity index (χ3v) is 7.42. The second kappa shape index (κ2) is 7.53. The minimum Gasteiger partial charge on any atom is -0.341 e. The number of rotatable bonds is 7. The highest BCUT2D eigenvalue weighted by molar-refractivity contribution is 7.88. The van der Waals surface area contributed by atoms with Crippen molar-refractivity contribution in [3.63, 3.8) is 0 Å². The average Bonchev–Trinajstić information content (AvgIpc) is 3.10. The molecule has 3 rings (SSSR count). The SMILES string of the molecule is CC1(C(=O)N2CCCC(N(CCCN3CCCC3)S(C)(=O)=O)C2)CC1. The highest BCUT2D eigenvalue weighted by Gasteiger charge is 2.48. The van der Waals surface area contributed by atoms with Gasteiger partial charge in [0.15, 0.2) is 0 Å². The Kier molecular flexibility index (Phi) is 5.75. The summed E-state index contributed by atoms with van der Waals surface area (Å²) in [5.74, 6) is 0.225. The summed E-state index contributed by atoms with van der Waals surface area (Å²) in [7, 11) is -3.25. The third kappa shape index (κ3) is 4.74. The fourth-order valence-electron chi connectivity index (χ4n) is 4.23. The number of hydrogen-bond acceptors (Lipinski definition) is 4. The summed E-state index contributed by atoms with van der Waals surface area (Å²) in [6.45, 7) is 7.19. The van der Waals surface area contributed by atoms with Gasteiger partial charge in [0, 0.05) is 31.1 Å². The highest BCUT2D eigenvalue weighted by atomic mass is 32.2. The minimum absolute atomic E-state index is 0.0615. The van der Waals surface area contributed by atoms with Crippen molar-refractivity contribution < 1.29 is 13.2 Å². The van der Waals surface area contributed by atoms with Crippen molar-refractivity contribution in [3.8, 4) is 0 Å². The van der Waals surface area contributed by atoms with Crippen LogP contribution in [0.15, 0.2) is 0 Å². The Hall–Kier alpha value is -0.660. The quantitative estimate of drug-likeness (QED) is 0.681. The first kappa shape index (κ1) is 19.1. The molecule has 1 unspecified atom stereocenters. The van der Waals surface area contributed by atoms with E-state index in [1.807, 2.05) is 11.8 Å². The summed E-state index contributed by atoms with van der Waals surface area (Å²) < 4.78 is 26.4. The van der Waals surface area contributed by atoms with Gasteiger partial charge in [0.25, 0.3) is 0 Å². The van der Waals surface area contributed by atoms with Crippen LogP contribution in [0.1, 0.15) is 51.9 Å². The number of hydrogen-bond donors (Lipinski definition) is 0. The van der Waals surface area contributed by atoms with Gasteiger partial charge in [-0.2, -0.15) is 4.31 Å². The van der Waals surface area contributed by atoms with Crippen LogP contribution in [0, 0.1) is 5.41 Å². The van der Waals surface area contributed by atoms with Gasteiger partial charge >= 0.3 is 0 Å². The van der Waals surface area contributed by atoms with Crippen molar-refractivity contribution >= 4 is 15.9 Å². The average molecular weight is 372 g/mol. The minimum atomic E-state index is -3.25. The number of nitrogens with zero attached hydrogens (tertiary/aromatic N) is 3. The molecule has 0 spiro atoms. The molecule has 0 bridgehead atoms. The first-order valence-corrected chi connectivity index (χ1v) is 11.6. The molecule has 2 heterocycles. The van der Waals surface area contributed by atoms with Crippen LogP contribution in [0.25, 0.3) is 0 Å². The van der Waals surface area contributed by atoms with Crippen LogP contribution in [0.4, 0.5) is 0 Å². The highest BCUT2D eigenvalue weighted by Crippen LogP contribution is 2.46. The molecule has 3 aliphatic rings. The summed E-state index contributed by atoms with van der Waals surface area (Å²) in [6, 6.07) is -0.0615. The lowest BCUT2D eigenvalue weighted by Crippen LogP contribution is -2.53. The molecule has 2 saturated heterocycles. The van der Waals surface area contributed by atoms with E-state index < -0.39 is 10.0 Å². The van der Waals surface area contributed by atoms with Crippen LogP contribution in [0.2, 0.25) is 0 Å². The molecule has 1 aliphatic carbocycles. The molecule has 25 heavy (non-hydrogen) atoms. The number of likely N-dealkylation sites (tertiary alicyclic amines) is 2. The van der Waals surface area contributed by atoms with Gasteiger partial charge in [0.05, 0.1) is 6.26 Å². The van der Waals surface area contributed by atoms with Crippen molar-refractivity contribution in [2.24, 2.45) is 5.41 Å². The van der Waals surface area contributed by atoms with Crippen molar-refractivity contribution in [2.45, 2.75) is 57.9 Å². The lowest BCUT2D eigenvalue weighted by atomic mass is 10.0. The van der Waals surface area contributed by atoms with E-state index in [2.05, 4.69) is 4.90 Å². The summed E-state index contributed by atoms with van der Waals surface area (Å²) in [4.78, 5) is 17.0. The van der Waals surface area contributed by atoms with Crippen LogP contribution in [0.5, 0.6) is 0 Å². The van der Waals surface area contributed by atoms with Gasteiger partial charge in [0.1, 0.15) is 0 Å². The summed E-state index contributed by atoms with van der Waals surface area (Å²) >= 11 is 0. The smallest absolute Gasteiger partial charge is 0.228 e. The van der Waals surface area contributed by atoms with Crippen LogP contribution in [0.3, 0.4) is 0 Å². The Bertz CT molecular complexity index is 582. The standard InChI is InChI=1S/C18H33N3O3S/c1-18(8-9-18)17(22)20-13-5-7-16(15-20)21(25(2,23)24)14-6-12-19-10-3-4-11-19/h16H,3-15H2,1-2H3. The maximum Gasteiger partial charge on any atom is 0.228 e. The lowest BCUT2D eigenvalue weighted by molar-refractivity contribution is -0.138. The number of carbonyl (C=O) groups is 1. The Morgan fingerprint density at radius 3 is 2.44 bits per heavy atom. The second-order valence-electron chi connectivity index (χ2n) is 8.38. The van der Waals surface area contributed by atoms with Gasteiger partial charge < -0.3 is 9.80 Å². The Morgan fingerprint density at radius 2 is 1.84 bits per heavy atom. The van der Waals surface area contributed by atoms with E-state index in [4.69, 9.17) is 0 Å². The predicted octanol–water partition coefficient (Wildman–Crippen LogP) is 1.53. The van der Waals surface area contributed by atoms with Gasteiger partial charge in [-0.05, 0) is 64.6 Å². The van der Waals surface area contributed by atoms with E-state index in [0.717, 1.165) is 58.3 Å². The Labute approximate surface area is 152 Å². The van der Waals surface area contributed by atoms with Gasteiger partial charge in [-0.3, -0.25) is 4.79 Å². The molecule has 7 heteroatoms.